The topological polar surface area (TPSA) is 101 Å². The van der Waals surface area contributed by atoms with Gasteiger partial charge in [0.1, 0.15) is 11.8 Å². The maximum absolute atomic E-state index is 13.5. The van der Waals surface area contributed by atoms with E-state index in [1.54, 1.807) is 4.68 Å². The van der Waals surface area contributed by atoms with Crippen LogP contribution in [0.5, 0.6) is 5.75 Å². The first-order valence-corrected chi connectivity index (χ1v) is 11.2. The average Bonchev–Trinajstić information content (AvgIpc) is 3.21. The van der Waals surface area contributed by atoms with Crippen LogP contribution in [0, 0.1) is 6.92 Å². The summed E-state index contributed by atoms with van der Waals surface area (Å²) in [7, 11) is 0. The Morgan fingerprint density at radius 3 is 2.64 bits per heavy atom. The SMILES string of the molecule is CCOc1ccc(C2C(C(=O)Nc3ccccc3C)=C(C)Nc3nc(CCCO)nn32)cc1. The summed E-state index contributed by atoms with van der Waals surface area (Å²) in [6.07, 6.45) is 1.13. The highest BCUT2D eigenvalue weighted by molar-refractivity contribution is 6.06. The summed E-state index contributed by atoms with van der Waals surface area (Å²) in [5, 5.41) is 20.2. The van der Waals surface area contributed by atoms with Gasteiger partial charge in [-0.25, -0.2) is 4.68 Å². The van der Waals surface area contributed by atoms with Crippen LogP contribution in [0.1, 0.15) is 43.3 Å². The molecular weight excluding hydrogens is 418 g/mol. The minimum Gasteiger partial charge on any atom is -0.494 e. The van der Waals surface area contributed by atoms with Gasteiger partial charge >= 0.3 is 0 Å². The zero-order valence-corrected chi connectivity index (χ0v) is 19.1. The lowest BCUT2D eigenvalue weighted by Crippen LogP contribution is -2.31. The molecule has 8 nitrogen and oxygen atoms in total. The van der Waals surface area contributed by atoms with Crippen molar-refractivity contribution in [2.75, 3.05) is 23.8 Å². The van der Waals surface area contributed by atoms with Crippen LogP contribution in [0.4, 0.5) is 11.6 Å². The number of nitrogens with zero attached hydrogens (tertiary/aromatic N) is 3. The third kappa shape index (κ3) is 4.75. The van der Waals surface area contributed by atoms with Crippen LogP contribution in [0.15, 0.2) is 59.8 Å². The van der Waals surface area contributed by atoms with Crippen molar-refractivity contribution < 1.29 is 14.6 Å². The fraction of sp³-hybridized carbons (Fsp3) is 0.320. The molecule has 4 rings (SSSR count). The fourth-order valence-corrected chi connectivity index (χ4v) is 3.96. The molecule has 2 heterocycles. The molecule has 2 aromatic carbocycles. The number of aryl methyl sites for hydroxylation is 2. The van der Waals surface area contributed by atoms with E-state index in [4.69, 9.17) is 4.74 Å². The van der Waals surface area contributed by atoms with Crippen LogP contribution in [0.25, 0.3) is 0 Å². The average molecular weight is 448 g/mol. The van der Waals surface area contributed by atoms with Crippen molar-refractivity contribution in [1.29, 1.82) is 0 Å². The Morgan fingerprint density at radius 2 is 1.94 bits per heavy atom. The van der Waals surface area contributed by atoms with Crippen molar-refractivity contribution in [2.45, 2.75) is 39.7 Å². The summed E-state index contributed by atoms with van der Waals surface area (Å²) in [6.45, 7) is 6.43. The van der Waals surface area contributed by atoms with Crippen molar-refractivity contribution in [2.24, 2.45) is 0 Å². The van der Waals surface area contributed by atoms with Gasteiger partial charge in [-0.15, -0.1) is 0 Å². The van der Waals surface area contributed by atoms with Gasteiger partial charge in [0.15, 0.2) is 5.82 Å². The van der Waals surface area contributed by atoms with Crippen LogP contribution in [0.2, 0.25) is 0 Å². The second kappa shape index (κ2) is 9.87. The number of amides is 1. The number of fused-ring (bicyclic) bond motifs is 1. The molecule has 0 radical (unpaired) electrons. The highest BCUT2D eigenvalue weighted by Crippen LogP contribution is 2.36. The molecule has 1 aliphatic rings. The Kier molecular flexibility index (Phi) is 6.74. The van der Waals surface area contributed by atoms with Gasteiger partial charge in [0, 0.05) is 24.4 Å². The molecule has 1 aromatic heterocycles. The Balaban J connectivity index is 1.75. The Hall–Kier alpha value is -3.65. The molecule has 0 saturated carbocycles. The van der Waals surface area contributed by atoms with Crippen molar-refractivity contribution in [3.05, 3.63) is 76.8 Å². The second-order valence-corrected chi connectivity index (χ2v) is 7.96. The maximum Gasteiger partial charge on any atom is 0.255 e. The van der Waals surface area contributed by atoms with Gasteiger partial charge in [0.05, 0.1) is 12.2 Å². The van der Waals surface area contributed by atoms with E-state index >= 15 is 0 Å². The first-order valence-electron chi connectivity index (χ1n) is 11.2. The molecule has 1 unspecified atom stereocenters. The van der Waals surface area contributed by atoms with Gasteiger partial charge in [-0.2, -0.15) is 10.1 Å². The maximum atomic E-state index is 13.5. The molecule has 1 amide bonds. The highest BCUT2D eigenvalue weighted by Gasteiger charge is 2.34. The minimum atomic E-state index is -0.462. The minimum absolute atomic E-state index is 0.0704. The fourth-order valence-electron chi connectivity index (χ4n) is 3.96. The third-order valence-electron chi connectivity index (χ3n) is 5.60. The van der Waals surface area contributed by atoms with E-state index in [1.165, 1.54) is 0 Å². The van der Waals surface area contributed by atoms with Crippen molar-refractivity contribution in [3.8, 4) is 5.75 Å². The number of rotatable bonds is 8. The molecule has 0 saturated heterocycles. The molecule has 0 aliphatic carbocycles. The zero-order chi connectivity index (χ0) is 23.4. The van der Waals surface area contributed by atoms with Gasteiger partial charge in [-0.05, 0) is 56.5 Å². The largest absolute Gasteiger partial charge is 0.494 e. The Labute approximate surface area is 193 Å². The van der Waals surface area contributed by atoms with Gasteiger partial charge in [0.2, 0.25) is 5.95 Å². The van der Waals surface area contributed by atoms with Crippen LogP contribution in [-0.2, 0) is 11.2 Å². The molecule has 0 fully saturated rings. The highest BCUT2D eigenvalue weighted by atomic mass is 16.5. The number of carbonyl (C=O) groups excluding carboxylic acids is 1. The molecule has 8 heteroatoms. The number of carbonyl (C=O) groups is 1. The number of hydrogen-bond acceptors (Lipinski definition) is 6. The number of nitrogens with one attached hydrogen (secondary N) is 2. The summed E-state index contributed by atoms with van der Waals surface area (Å²) < 4.78 is 7.34. The van der Waals surface area contributed by atoms with Crippen LogP contribution in [-0.4, -0.2) is 39.0 Å². The lowest BCUT2D eigenvalue weighted by molar-refractivity contribution is -0.113. The first-order chi connectivity index (χ1) is 16.0. The van der Waals surface area contributed by atoms with E-state index in [0.717, 1.165) is 22.6 Å². The second-order valence-electron chi connectivity index (χ2n) is 7.96. The number of ether oxygens (including phenoxy) is 1. The smallest absolute Gasteiger partial charge is 0.255 e. The third-order valence-corrected chi connectivity index (χ3v) is 5.60. The molecular formula is C25H29N5O3. The van der Waals surface area contributed by atoms with Crippen molar-refractivity contribution >= 4 is 17.5 Å². The summed E-state index contributed by atoms with van der Waals surface area (Å²) in [5.74, 6) is 1.76. The van der Waals surface area contributed by atoms with Crippen LogP contribution < -0.4 is 15.4 Å². The Bertz CT molecular complexity index is 1170. The number of benzene rings is 2. The predicted molar refractivity (Wildman–Crippen MR) is 127 cm³/mol. The van der Waals surface area contributed by atoms with Gasteiger partial charge in [-0.3, -0.25) is 4.79 Å². The molecule has 3 aromatic rings. The van der Waals surface area contributed by atoms with E-state index < -0.39 is 6.04 Å². The molecule has 33 heavy (non-hydrogen) atoms. The van der Waals surface area contributed by atoms with Gasteiger partial charge < -0.3 is 20.5 Å². The van der Waals surface area contributed by atoms with Crippen molar-refractivity contribution in [3.63, 3.8) is 0 Å². The van der Waals surface area contributed by atoms with Gasteiger partial charge in [-0.1, -0.05) is 30.3 Å². The summed E-state index contributed by atoms with van der Waals surface area (Å²) in [4.78, 5) is 18.1. The number of aliphatic hydroxyl groups is 1. The monoisotopic (exact) mass is 447 g/mol. The molecule has 1 aliphatic heterocycles. The number of aliphatic hydroxyl groups excluding tert-OH is 1. The standard InChI is InChI=1S/C25H29N5O3/c1-4-33-19-13-11-18(12-14-19)23-22(24(32)27-20-9-6-5-8-16(20)2)17(3)26-25-28-21(10-7-15-31)29-30(23)25/h5-6,8-9,11-14,23,31H,4,7,10,15H2,1-3H3,(H,27,32)(H,26,28,29). The summed E-state index contributed by atoms with van der Waals surface area (Å²) in [6, 6.07) is 14.9. The van der Waals surface area contributed by atoms with E-state index in [1.807, 2.05) is 69.3 Å². The lowest BCUT2D eigenvalue weighted by atomic mass is 9.95. The summed E-state index contributed by atoms with van der Waals surface area (Å²) in [5.41, 5.74) is 3.93. The molecule has 0 bridgehead atoms. The Morgan fingerprint density at radius 1 is 1.18 bits per heavy atom. The lowest BCUT2D eigenvalue weighted by Gasteiger charge is -2.29. The van der Waals surface area contributed by atoms with Crippen LogP contribution in [0.3, 0.4) is 0 Å². The number of anilines is 2. The van der Waals surface area contributed by atoms with E-state index in [-0.39, 0.29) is 12.5 Å². The number of aromatic nitrogens is 3. The first kappa shape index (κ1) is 22.5. The number of para-hydroxylation sites is 1. The molecule has 172 valence electrons. The predicted octanol–water partition coefficient (Wildman–Crippen LogP) is 3.84. The van der Waals surface area contributed by atoms with Crippen LogP contribution >= 0.6 is 0 Å². The molecule has 3 N–H and O–H groups in total. The van der Waals surface area contributed by atoms with Crippen molar-refractivity contribution in [1.82, 2.24) is 14.8 Å². The van der Waals surface area contributed by atoms with Gasteiger partial charge in [0.25, 0.3) is 5.91 Å². The number of allylic oxidation sites excluding steroid dienone is 1. The summed E-state index contributed by atoms with van der Waals surface area (Å²) >= 11 is 0. The van der Waals surface area contributed by atoms with E-state index in [0.29, 0.717) is 42.5 Å². The van der Waals surface area contributed by atoms with E-state index in [2.05, 4.69) is 20.7 Å². The normalized spacial score (nSPS) is 15.1. The molecule has 0 spiro atoms. The number of hydrogen-bond donors (Lipinski definition) is 3. The van der Waals surface area contributed by atoms with E-state index in [9.17, 15) is 9.90 Å². The quantitative estimate of drug-likeness (QED) is 0.485. The zero-order valence-electron chi connectivity index (χ0n) is 19.1. The molecule has 1 atom stereocenters.